The first-order valence-electron chi connectivity index (χ1n) is 6.39. The van der Waals surface area contributed by atoms with Crippen LogP contribution in [0.3, 0.4) is 0 Å². The first-order valence-corrected chi connectivity index (χ1v) is 7.58. The van der Waals surface area contributed by atoms with Crippen molar-refractivity contribution in [3.8, 4) is 6.07 Å². The number of nitrogens with zero attached hydrogens (tertiary/aromatic N) is 2. The molecule has 0 saturated carbocycles. The summed E-state index contributed by atoms with van der Waals surface area (Å²) < 4.78 is 2.08. The van der Waals surface area contributed by atoms with Crippen LogP contribution in [0, 0.1) is 11.3 Å². The monoisotopic (exact) mass is 333 g/mol. The maximum absolute atomic E-state index is 12.4. The number of halogens is 1. The largest absolute Gasteiger partial charge is 0.365 e. The number of hydrogen-bond donors (Lipinski definition) is 1. The van der Waals surface area contributed by atoms with E-state index in [1.807, 2.05) is 0 Å². The van der Waals surface area contributed by atoms with Gasteiger partial charge in [0.2, 0.25) is 0 Å². The summed E-state index contributed by atoms with van der Waals surface area (Å²) in [5.41, 5.74) is 5.53. The third-order valence-electron chi connectivity index (χ3n) is 2.96. The van der Waals surface area contributed by atoms with Crippen molar-refractivity contribution in [2.45, 2.75) is 13.5 Å². The fourth-order valence-electron chi connectivity index (χ4n) is 1.91. The molecule has 1 aromatic carbocycles. The zero-order chi connectivity index (χ0) is 16.3. The van der Waals surface area contributed by atoms with Crippen molar-refractivity contribution in [2.75, 3.05) is 0 Å². The van der Waals surface area contributed by atoms with Gasteiger partial charge >= 0.3 is 0 Å². The smallest absolute Gasteiger partial charge is 0.269 e. The van der Waals surface area contributed by atoms with Crippen molar-refractivity contribution in [1.82, 2.24) is 4.57 Å². The maximum atomic E-state index is 12.4. The van der Waals surface area contributed by atoms with Gasteiger partial charge in [0, 0.05) is 11.6 Å². The Morgan fingerprint density at radius 3 is 2.59 bits per heavy atom. The molecule has 22 heavy (non-hydrogen) atoms. The van der Waals surface area contributed by atoms with E-state index >= 15 is 0 Å². The molecule has 7 heteroatoms. The van der Waals surface area contributed by atoms with Gasteiger partial charge in [-0.2, -0.15) is 5.26 Å². The summed E-state index contributed by atoms with van der Waals surface area (Å²) in [6.45, 7) is 2.11. The van der Waals surface area contributed by atoms with Crippen molar-refractivity contribution in [2.24, 2.45) is 5.73 Å². The minimum absolute atomic E-state index is 0.209. The fourth-order valence-corrected chi connectivity index (χ4v) is 3.21. The summed E-state index contributed by atoms with van der Waals surface area (Å²) in [5, 5.41) is 9.67. The van der Waals surface area contributed by atoms with Gasteiger partial charge in [0.1, 0.15) is 10.7 Å². The van der Waals surface area contributed by atoms with E-state index in [0.717, 1.165) is 16.9 Å². The molecule has 5 nitrogen and oxygen atoms in total. The van der Waals surface area contributed by atoms with Crippen LogP contribution in [0.1, 0.15) is 12.5 Å². The van der Waals surface area contributed by atoms with E-state index in [1.165, 1.54) is 4.57 Å². The molecule has 0 unspecified atom stereocenters. The molecule has 0 fully saturated rings. The molecule has 0 spiro atoms. The highest BCUT2D eigenvalue weighted by Gasteiger charge is 2.12. The topological polar surface area (TPSA) is 88.9 Å². The Kier molecular flexibility index (Phi) is 4.81. The van der Waals surface area contributed by atoms with Crippen molar-refractivity contribution >= 4 is 40.5 Å². The number of carbonyl (C=O) groups is 1. The molecule has 2 N–H and O–H groups in total. The first kappa shape index (κ1) is 16.0. The fraction of sp³-hybridized carbons (Fsp3) is 0.133. The minimum atomic E-state index is -0.844. The highest BCUT2D eigenvalue weighted by Crippen LogP contribution is 2.09. The number of aromatic nitrogens is 1. The highest BCUT2D eigenvalue weighted by atomic mass is 35.5. The molecular formula is C15H12ClN3O2S. The van der Waals surface area contributed by atoms with Gasteiger partial charge in [-0.1, -0.05) is 23.7 Å². The summed E-state index contributed by atoms with van der Waals surface area (Å²) in [4.78, 5) is 23.7. The van der Waals surface area contributed by atoms with Crippen molar-refractivity contribution in [1.29, 1.82) is 5.26 Å². The lowest BCUT2D eigenvalue weighted by atomic mass is 10.2. The van der Waals surface area contributed by atoms with Crippen LogP contribution >= 0.6 is 22.9 Å². The Balaban J connectivity index is 2.79. The van der Waals surface area contributed by atoms with Gasteiger partial charge in [-0.15, -0.1) is 11.3 Å². The molecule has 1 aromatic heterocycles. The molecule has 2 rings (SSSR count). The molecule has 0 aliphatic carbocycles. The molecule has 0 aliphatic heterocycles. The van der Waals surface area contributed by atoms with Crippen molar-refractivity contribution in [3.63, 3.8) is 0 Å². The van der Waals surface area contributed by atoms with Gasteiger partial charge in [0.25, 0.3) is 11.5 Å². The predicted molar refractivity (Wildman–Crippen MR) is 86.7 cm³/mol. The van der Waals surface area contributed by atoms with Crippen molar-refractivity contribution in [3.05, 3.63) is 54.4 Å². The van der Waals surface area contributed by atoms with Gasteiger partial charge in [-0.05, 0) is 30.7 Å². The number of hydrogen-bond acceptors (Lipinski definition) is 4. The average molecular weight is 334 g/mol. The van der Waals surface area contributed by atoms with Crippen LogP contribution in [-0.2, 0) is 11.3 Å². The van der Waals surface area contributed by atoms with Crippen LogP contribution in [0.4, 0.5) is 0 Å². The standard InChI is InChI=1S/C15H12ClN3O2S/c1-2-19-14(21)12(7-9-3-5-10(16)6-4-9)22-15(19)11(8-17)13(18)20/h3-7H,2H2,1H3,(H2,18,20). The number of primary amides is 1. The van der Waals surface area contributed by atoms with Crippen LogP contribution < -0.4 is 20.5 Å². The molecule has 112 valence electrons. The van der Waals surface area contributed by atoms with Gasteiger partial charge < -0.3 is 5.73 Å². The number of thiazole rings is 1. The third-order valence-corrected chi connectivity index (χ3v) is 4.35. The van der Waals surface area contributed by atoms with Crippen LogP contribution in [-0.4, -0.2) is 10.5 Å². The summed E-state index contributed by atoms with van der Waals surface area (Å²) in [7, 11) is 0. The summed E-state index contributed by atoms with van der Waals surface area (Å²) in [6, 6.07) is 8.76. The van der Waals surface area contributed by atoms with E-state index in [2.05, 4.69) is 0 Å². The first-order chi connectivity index (χ1) is 10.5. The Morgan fingerprint density at radius 1 is 1.45 bits per heavy atom. The van der Waals surface area contributed by atoms with Crippen LogP contribution in [0.5, 0.6) is 0 Å². The zero-order valence-electron chi connectivity index (χ0n) is 11.7. The lowest BCUT2D eigenvalue weighted by Crippen LogP contribution is -2.33. The van der Waals surface area contributed by atoms with Crippen LogP contribution in [0.15, 0.2) is 29.1 Å². The van der Waals surface area contributed by atoms with E-state index in [-0.39, 0.29) is 15.8 Å². The second kappa shape index (κ2) is 6.60. The van der Waals surface area contributed by atoms with Crippen LogP contribution in [0.25, 0.3) is 11.6 Å². The zero-order valence-corrected chi connectivity index (χ0v) is 13.2. The lowest BCUT2D eigenvalue weighted by molar-refractivity contribution is -0.112. The van der Waals surface area contributed by atoms with E-state index in [9.17, 15) is 9.59 Å². The Hall–Kier alpha value is -2.36. The third kappa shape index (κ3) is 3.11. The molecule has 0 radical (unpaired) electrons. The van der Waals surface area contributed by atoms with Crippen molar-refractivity contribution < 1.29 is 4.79 Å². The summed E-state index contributed by atoms with van der Waals surface area (Å²) in [6.07, 6.45) is 1.69. The number of nitriles is 1. The van der Waals surface area contributed by atoms with Gasteiger partial charge in [-0.3, -0.25) is 14.2 Å². The number of amides is 1. The van der Waals surface area contributed by atoms with E-state index in [4.69, 9.17) is 22.6 Å². The van der Waals surface area contributed by atoms with E-state index < -0.39 is 5.91 Å². The Bertz CT molecular complexity index is 933. The molecule has 1 amide bonds. The van der Waals surface area contributed by atoms with Gasteiger partial charge in [0.05, 0.1) is 4.53 Å². The normalized spacial score (nSPS) is 12.9. The molecule has 0 bridgehead atoms. The molecule has 1 heterocycles. The number of rotatable bonds is 3. The Morgan fingerprint density at radius 2 is 2.09 bits per heavy atom. The number of nitrogens with two attached hydrogens (primary N) is 1. The highest BCUT2D eigenvalue weighted by molar-refractivity contribution is 7.07. The maximum Gasteiger partial charge on any atom is 0.269 e. The second-order valence-corrected chi connectivity index (χ2v) is 5.83. The Labute approximate surface area is 135 Å². The summed E-state index contributed by atoms with van der Waals surface area (Å²) in [5.74, 6) is -0.844. The molecule has 2 aromatic rings. The molecule has 0 saturated heterocycles. The lowest BCUT2D eigenvalue weighted by Gasteiger charge is -1.95. The average Bonchev–Trinajstić information content (AvgIpc) is 2.78. The minimum Gasteiger partial charge on any atom is -0.365 e. The predicted octanol–water partition coefficient (Wildman–Crippen LogP) is 0.571. The van der Waals surface area contributed by atoms with E-state index in [0.29, 0.717) is 16.1 Å². The number of carbonyl (C=O) groups excluding carboxylic acids is 1. The molecule has 0 atom stereocenters. The second-order valence-electron chi connectivity index (χ2n) is 4.37. The summed E-state index contributed by atoms with van der Waals surface area (Å²) >= 11 is 6.90. The van der Waals surface area contributed by atoms with E-state index in [1.54, 1.807) is 43.3 Å². The molecule has 0 aliphatic rings. The molecular weight excluding hydrogens is 322 g/mol. The number of benzene rings is 1. The van der Waals surface area contributed by atoms with Gasteiger partial charge in [-0.25, -0.2) is 0 Å². The SMILES string of the molecule is CCn1c(=C(C#N)C(N)=O)sc(=Cc2ccc(Cl)cc2)c1=O. The van der Waals surface area contributed by atoms with Crippen LogP contribution in [0.2, 0.25) is 5.02 Å². The van der Waals surface area contributed by atoms with Gasteiger partial charge in [0.15, 0.2) is 5.57 Å². The quantitative estimate of drug-likeness (QED) is 0.890.